The van der Waals surface area contributed by atoms with E-state index >= 15 is 0 Å². The SMILES string of the molecule is CCCCc1cc(-c2cccc(COC)c2)oc1-c1cccc(COC)c1. The molecule has 0 fully saturated rings. The Balaban J connectivity index is 2.00. The third kappa shape index (κ3) is 4.88. The molecule has 3 heteroatoms. The van der Waals surface area contributed by atoms with E-state index in [9.17, 15) is 0 Å². The zero-order chi connectivity index (χ0) is 19.1. The van der Waals surface area contributed by atoms with Crippen molar-refractivity contribution in [3.63, 3.8) is 0 Å². The summed E-state index contributed by atoms with van der Waals surface area (Å²) in [5.74, 6) is 1.87. The Morgan fingerprint density at radius 3 is 2.07 bits per heavy atom. The molecule has 0 aliphatic carbocycles. The largest absolute Gasteiger partial charge is 0.456 e. The predicted octanol–water partition coefficient (Wildman–Crippen LogP) is 6.25. The van der Waals surface area contributed by atoms with Crippen molar-refractivity contribution < 1.29 is 13.9 Å². The van der Waals surface area contributed by atoms with Gasteiger partial charge in [0.25, 0.3) is 0 Å². The molecule has 3 nitrogen and oxygen atoms in total. The zero-order valence-corrected chi connectivity index (χ0v) is 16.5. The lowest BCUT2D eigenvalue weighted by Gasteiger charge is -2.05. The van der Waals surface area contributed by atoms with Crippen molar-refractivity contribution in [1.29, 1.82) is 0 Å². The van der Waals surface area contributed by atoms with Gasteiger partial charge in [-0.25, -0.2) is 0 Å². The summed E-state index contributed by atoms with van der Waals surface area (Å²) in [5, 5.41) is 0. The van der Waals surface area contributed by atoms with Gasteiger partial charge in [-0.1, -0.05) is 49.7 Å². The highest BCUT2D eigenvalue weighted by atomic mass is 16.5. The first-order chi connectivity index (χ1) is 13.2. The van der Waals surface area contributed by atoms with Crippen molar-refractivity contribution in [2.75, 3.05) is 14.2 Å². The number of methoxy groups -OCH3 is 2. The Labute approximate surface area is 161 Å². The summed E-state index contributed by atoms with van der Waals surface area (Å²) in [7, 11) is 3.44. The highest BCUT2D eigenvalue weighted by Gasteiger charge is 2.15. The van der Waals surface area contributed by atoms with E-state index < -0.39 is 0 Å². The van der Waals surface area contributed by atoms with Crippen LogP contribution in [-0.2, 0) is 29.1 Å². The highest BCUT2D eigenvalue weighted by Crippen LogP contribution is 2.34. The number of furan rings is 1. The molecular formula is C24H28O3. The summed E-state index contributed by atoms with van der Waals surface area (Å²) in [4.78, 5) is 0. The third-order valence-corrected chi connectivity index (χ3v) is 4.63. The molecule has 3 aromatic rings. The number of rotatable bonds is 9. The van der Waals surface area contributed by atoms with Gasteiger partial charge >= 0.3 is 0 Å². The van der Waals surface area contributed by atoms with Gasteiger partial charge in [-0.05, 0) is 47.7 Å². The molecule has 1 aromatic heterocycles. The number of hydrogen-bond acceptors (Lipinski definition) is 3. The maximum atomic E-state index is 6.37. The van der Waals surface area contributed by atoms with E-state index in [1.54, 1.807) is 14.2 Å². The van der Waals surface area contributed by atoms with Crippen LogP contribution in [0.25, 0.3) is 22.6 Å². The van der Waals surface area contributed by atoms with E-state index in [1.807, 2.05) is 0 Å². The number of ether oxygens (including phenoxy) is 2. The van der Waals surface area contributed by atoms with Gasteiger partial charge in [0.15, 0.2) is 0 Å². The van der Waals surface area contributed by atoms with E-state index in [0.29, 0.717) is 13.2 Å². The summed E-state index contributed by atoms with van der Waals surface area (Å²) >= 11 is 0. The Morgan fingerprint density at radius 1 is 0.815 bits per heavy atom. The Morgan fingerprint density at radius 2 is 1.44 bits per heavy atom. The van der Waals surface area contributed by atoms with E-state index in [2.05, 4.69) is 61.5 Å². The lowest BCUT2D eigenvalue weighted by atomic mass is 10.0. The van der Waals surface area contributed by atoms with Crippen LogP contribution in [0.2, 0.25) is 0 Å². The monoisotopic (exact) mass is 364 g/mol. The molecule has 142 valence electrons. The average molecular weight is 364 g/mol. The molecule has 0 atom stereocenters. The summed E-state index contributed by atoms with van der Waals surface area (Å²) < 4.78 is 16.9. The second kappa shape index (κ2) is 9.54. The van der Waals surface area contributed by atoms with Crippen molar-refractivity contribution in [2.45, 2.75) is 39.4 Å². The fraction of sp³-hybridized carbons (Fsp3) is 0.333. The summed E-state index contributed by atoms with van der Waals surface area (Å²) in [5.41, 5.74) is 5.75. The average Bonchev–Trinajstić information content (AvgIpc) is 3.12. The Bertz CT molecular complexity index is 864. The van der Waals surface area contributed by atoms with E-state index in [4.69, 9.17) is 13.9 Å². The van der Waals surface area contributed by atoms with Crippen LogP contribution in [0.5, 0.6) is 0 Å². The molecule has 3 rings (SSSR count). The zero-order valence-electron chi connectivity index (χ0n) is 16.5. The van der Waals surface area contributed by atoms with Gasteiger partial charge in [0.1, 0.15) is 11.5 Å². The van der Waals surface area contributed by atoms with Crippen LogP contribution in [0.4, 0.5) is 0 Å². The highest BCUT2D eigenvalue weighted by molar-refractivity contribution is 5.69. The van der Waals surface area contributed by atoms with Crippen molar-refractivity contribution in [2.24, 2.45) is 0 Å². The van der Waals surface area contributed by atoms with E-state index in [-0.39, 0.29) is 0 Å². The smallest absolute Gasteiger partial charge is 0.138 e. The molecule has 0 spiro atoms. The van der Waals surface area contributed by atoms with Gasteiger partial charge < -0.3 is 13.9 Å². The van der Waals surface area contributed by atoms with Gasteiger partial charge in [-0.3, -0.25) is 0 Å². The van der Waals surface area contributed by atoms with Gasteiger partial charge in [0.2, 0.25) is 0 Å². The minimum absolute atomic E-state index is 0.600. The van der Waals surface area contributed by atoms with Crippen molar-refractivity contribution in [1.82, 2.24) is 0 Å². The number of aryl methyl sites for hydroxylation is 1. The van der Waals surface area contributed by atoms with Crippen LogP contribution >= 0.6 is 0 Å². The lowest BCUT2D eigenvalue weighted by Crippen LogP contribution is -1.89. The molecule has 27 heavy (non-hydrogen) atoms. The molecule has 0 radical (unpaired) electrons. The fourth-order valence-corrected chi connectivity index (χ4v) is 3.32. The molecule has 0 N–H and O–H groups in total. The maximum Gasteiger partial charge on any atom is 0.138 e. The molecule has 0 aliphatic rings. The molecule has 1 heterocycles. The first-order valence-electron chi connectivity index (χ1n) is 9.54. The van der Waals surface area contributed by atoms with Crippen LogP contribution in [-0.4, -0.2) is 14.2 Å². The van der Waals surface area contributed by atoms with Crippen LogP contribution in [0, 0.1) is 0 Å². The summed E-state index contributed by atoms with van der Waals surface area (Å²) in [6, 6.07) is 19.0. The molecule has 0 saturated heterocycles. The molecule has 0 unspecified atom stereocenters. The van der Waals surface area contributed by atoms with Crippen molar-refractivity contribution in [3.8, 4) is 22.6 Å². The summed E-state index contributed by atoms with van der Waals surface area (Å²) in [6.45, 7) is 3.42. The van der Waals surface area contributed by atoms with Crippen LogP contribution < -0.4 is 0 Å². The quantitative estimate of drug-likeness (QED) is 0.450. The van der Waals surface area contributed by atoms with Crippen molar-refractivity contribution >= 4 is 0 Å². The maximum absolute atomic E-state index is 6.37. The molecule has 2 aromatic carbocycles. The lowest BCUT2D eigenvalue weighted by molar-refractivity contribution is 0.185. The molecule has 0 amide bonds. The minimum Gasteiger partial charge on any atom is -0.456 e. The summed E-state index contributed by atoms with van der Waals surface area (Å²) in [6.07, 6.45) is 3.32. The Hall–Kier alpha value is -2.36. The molecule has 0 bridgehead atoms. The van der Waals surface area contributed by atoms with Crippen molar-refractivity contribution in [3.05, 3.63) is 71.3 Å². The fourth-order valence-electron chi connectivity index (χ4n) is 3.32. The number of benzene rings is 2. The van der Waals surface area contributed by atoms with Gasteiger partial charge in [0.05, 0.1) is 13.2 Å². The number of hydrogen-bond donors (Lipinski definition) is 0. The minimum atomic E-state index is 0.600. The predicted molar refractivity (Wildman–Crippen MR) is 110 cm³/mol. The first-order valence-corrected chi connectivity index (χ1v) is 9.54. The van der Waals surface area contributed by atoms with Crippen LogP contribution in [0.15, 0.2) is 59.0 Å². The normalized spacial score (nSPS) is 11.1. The van der Waals surface area contributed by atoms with Crippen LogP contribution in [0.1, 0.15) is 36.5 Å². The molecular weight excluding hydrogens is 336 g/mol. The topological polar surface area (TPSA) is 31.6 Å². The second-order valence-electron chi connectivity index (χ2n) is 6.84. The number of unbranched alkanes of at least 4 members (excludes halogenated alkanes) is 1. The van der Waals surface area contributed by atoms with Gasteiger partial charge in [-0.2, -0.15) is 0 Å². The molecule has 0 saturated carbocycles. The second-order valence-corrected chi connectivity index (χ2v) is 6.84. The first kappa shape index (κ1) is 19.4. The third-order valence-electron chi connectivity index (χ3n) is 4.63. The van der Waals surface area contributed by atoms with E-state index in [1.165, 1.54) is 5.56 Å². The Kier molecular flexibility index (Phi) is 6.86. The molecule has 0 aliphatic heterocycles. The van der Waals surface area contributed by atoms with Gasteiger partial charge in [-0.15, -0.1) is 0 Å². The standard InChI is InChI=1S/C24H28O3/c1-4-5-10-22-15-23(20-11-6-8-18(13-20)16-25-2)27-24(22)21-12-7-9-19(14-21)17-26-3/h6-9,11-15H,4-5,10,16-17H2,1-3H3. The van der Waals surface area contributed by atoms with Gasteiger partial charge in [0, 0.05) is 25.3 Å². The van der Waals surface area contributed by atoms with E-state index in [0.717, 1.165) is 53.0 Å². The van der Waals surface area contributed by atoms with Crippen LogP contribution in [0.3, 0.4) is 0 Å².